The van der Waals surface area contributed by atoms with Gasteiger partial charge in [0.25, 0.3) is 0 Å². The van der Waals surface area contributed by atoms with Crippen LogP contribution in [0.5, 0.6) is 0 Å². The van der Waals surface area contributed by atoms with Gasteiger partial charge in [0.1, 0.15) is 0 Å². The lowest BCUT2D eigenvalue weighted by molar-refractivity contribution is 0.115. The van der Waals surface area contributed by atoms with Crippen LogP contribution in [-0.2, 0) is 0 Å². The van der Waals surface area contributed by atoms with Crippen LogP contribution in [0.25, 0.3) is 0 Å². The number of anilines is 1. The smallest absolute Gasteiger partial charge is 0.0558 e. The van der Waals surface area contributed by atoms with Crippen LogP contribution in [0, 0.1) is 6.92 Å². The van der Waals surface area contributed by atoms with Crippen LogP contribution in [0.3, 0.4) is 0 Å². The molecule has 2 aliphatic rings. The Bertz CT molecular complexity index is 418. The maximum atomic E-state index is 4.34. The molecule has 2 atom stereocenters. The number of rotatable bonds is 1. The Labute approximate surface area is 110 Å². The zero-order chi connectivity index (χ0) is 12.5. The molecule has 2 aliphatic heterocycles. The van der Waals surface area contributed by atoms with Crippen molar-refractivity contribution in [3.8, 4) is 0 Å². The monoisotopic (exact) mass is 245 g/mol. The number of nitrogens with zero attached hydrogens (tertiary/aromatic N) is 3. The van der Waals surface area contributed by atoms with Crippen LogP contribution in [0.4, 0.5) is 5.69 Å². The average Bonchev–Trinajstić information content (AvgIpc) is 2.38. The summed E-state index contributed by atoms with van der Waals surface area (Å²) in [6.45, 7) is 8.14. The molecule has 2 saturated heterocycles. The van der Waals surface area contributed by atoms with E-state index in [0.717, 1.165) is 6.04 Å². The van der Waals surface area contributed by atoms with E-state index in [1.54, 1.807) is 0 Å². The van der Waals surface area contributed by atoms with Gasteiger partial charge in [-0.25, -0.2) is 0 Å². The third-order valence-corrected chi connectivity index (χ3v) is 4.38. The zero-order valence-corrected chi connectivity index (χ0v) is 11.5. The summed E-state index contributed by atoms with van der Waals surface area (Å²) in [4.78, 5) is 9.58. The number of piperazine rings is 1. The molecule has 1 aromatic rings. The summed E-state index contributed by atoms with van der Waals surface area (Å²) >= 11 is 0. The van der Waals surface area contributed by atoms with Crippen molar-refractivity contribution in [1.29, 1.82) is 0 Å². The minimum absolute atomic E-state index is 0.600. The summed E-state index contributed by atoms with van der Waals surface area (Å²) in [6, 6.07) is 3.63. The fraction of sp³-hybridized carbons (Fsp3) is 0.667. The first kappa shape index (κ1) is 12.0. The van der Waals surface area contributed by atoms with Gasteiger partial charge in [-0.3, -0.25) is 9.88 Å². The largest absolute Gasteiger partial charge is 0.365 e. The van der Waals surface area contributed by atoms with E-state index >= 15 is 0 Å². The lowest BCUT2D eigenvalue weighted by Gasteiger charge is -2.48. The highest BCUT2D eigenvalue weighted by molar-refractivity contribution is 5.47. The minimum atomic E-state index is 0.600. The fourth-order valence-electron chi connectivity index (χ4n) is 3.41. The second-order valence-corrected chi connectivity index (χ2v) is 5.87. The molecular weight excluding hydrogens is 222 g/mol. The third-order valence-electron chi connectivity index (χ3n) is 4.38. The number of aryl methyl sites for hydroxylation is 1. The first-order valence-corrected chi connectivity index (χ1v) is 7.16. The minimum Gasteiger partial charge on any atom is -0.365 e. The van der Waals surface area contributed by atoms with Gasteiger partial charge in [-0.15, -0.1) is 0 Å². The molecule has 2 unspecified atom stereocenters. The molecule has 18 heavy (non-hydrogen) atoms. The van der Waals surface area contributed by atoms with Crippen LogP contribution in [0.1, 0.15) is 31.7 Å². The Morgan fingerprint density at radius 3 is 2.94 bits per heavy atom. The summed E-state index contributed by atoms with van der Waals surface area (Å²) < 4.78 is 0. The molecule has 0 saturated carbocycles. The van der Waals surface area contributed by atoms with E-state index in [4.69, 9.17) is 0 Å². The van der Waals surface area contributed by atoms with Crippen molar-refractivity contribution in [2.45, 2.75) is 45.2 Å². The molecule has 0 aliphatic carbocycles. The molecule has 0 spiro atoms. The van der Waals surface area contributed by atoms with Crippen LogP contribution in [-0.4, -0.2) is 41.6 Å². The van der Waals surface area contributed by atoms with Crippen molar-refractivity contribution in [2.75, 3.05) is 24.5 Å². The van der Waals surface area contributed by atoms with Crippen LogP contribution in [0.15, 0.2) is 18.5 Å². The summed E-state index contributed by atoms with van der Waals surface area (Å²) in [5, 5.41) is 0. The van der Waals surface area contributed by atoms with E-state index in [2.05, 4.69) is 34.7 Å². The second kappa shape index (κ2) is 4.88. The molecule has 2 fully saturated rings. The van der Waals surface area contributed by atoms with Gasteiger partial charge in [0, 0.05) is 31.4 Å². The van der Waals surface area contributed by atoms with Crippen molar-refractivity contribution in [2.24, 2.45) is 0 Å². The van der Waals surface area contributed by atoms with Crippen molar-refractivity contribution in [3.63, 3.8) is 0 Å². The maximum absolute atomic E-state index is 4.34. The lowest BCUT2D eigenvalue weighted by atomic mass is 9.97. The van der Waals surface area contributed by atoms with Gasteiger partial charge in [0.2, 0.25) is 0 Å². The molecule has 3 rings (SSSR count). The molecule has 0 N–H and O–H groups in total. The molecule has 98 valence electrons. The van der Waals surface area contributed by atoms with E-state index in [1.165, 1.54) is 50.1 Å². The van der Waals surface area contributed by atoms with Gasteiger partial charge in [0.15, 0.2) is 0 Å². The summed E-state index contributed by atoms with van der Waals surface area (Å²) in [6.07, 6.45) is 8.10. The van der Waals surface area contributed by atoms with Crippen LogP contribution < -0.4 is 4.90 Å². The number of piperidine rings is 1. The SMILES string of the molecule is Cc1cncc(N2CC3CCCCN3CC2C)c1. The van der Waals surface area contributed by atoms with Gasteiger partial charge in [-0.05, 0) is 44.9 Å². The van der Waals surface area contributed by atoms with E-state index in [-0.39, 0.29) is 0 Å². The van der Waals surface area contributed by atoms with Crippen molar-refractivity contribution < 1.29 is 0 Å². The topological polar surface area (TPSA) is 19.4 Å². The van der Waals surface area contributed by atoms with Gasteiger partial charge >= 0.3 is 0 Å². The molecule has 0 bridgehead atoms. The van der Waals surface area contributed by atoms with Gasteiger partial charge < -0.3 is 4.90 Å². The first-order chi connectivity index (χ1) is 8.74. The summed E-state index contributed by atoms with van der Waals surface area (Å²) in [7, 11) is 0. The number of hydrogen-bond acceptors (Lipinski definition) is 3. The molecule has 0 amide bonds. The Morgan fingerprint density at radius 2 is 2.11 bits per heavy atom. The number of hydrogen-bond donors (Lipinski definition) is 0. The predicted molar refractivity (Wildman–Crippen MR) is 75.0 cm³/mol. The standard InChI is InChI=1S/C15H23N3/c1-12-7-15(9-16-8-12)18-11-14-5-3-4-6-17(14)10-13(18)2/h7-9,13-14H,3-6,10-11H2,1-2H3. The quantitative estimate of drug-likeness (QED) is 0.757. The molecular formula is C15H23N3. The van der Waals surface area contributed by atoms with Crippen molar-refractivity contribution in [3.05, 3.63) is 24.0 Å². The first-order valence-electron chi connectivity index (χ1n) is 7.16. The van der Waals surface area contributed by atoms with Gasteiger partial charge in [-0.2, -0.15) is 0 Å². The Balaban J connectivity index is 1.80. The van der Waals surface area contributed by atoms with Crippen molar-refractivity contribution >= 4 is 5.69 Å². The predicted octanol–water partition coefficient (Wildman–Crippen LogP) is 2.45. The Kier molecular flexibility index (Phi) is 3.25. The van der Waals surface area contributed by atoms with Crippen molar-refractivity contribution in [1.82, 2.24) is 9.88 Å². The normalized spacial score (nSPS) is 29.1. The van der Waals surface area contributed by atoms with Crippen LogP contribution >= 0.6 is 0 Å². The molecule has 1 aromatic heterocycles. The molecule has 0 aromatic carbocycles. The number of aromatic nitrogens is 1. The lowest BCUT2D eigenvalue weighted by Crippen LogP contribution is -2.58. The van der Waals surface area contributed by atoms with E-state index in [1.807, 2.05) is 12.4 Å². The third kappa shape index (κ3) is 2.24. The maximum Gasteiger partial charge on any atom is 0.0558 e. The fourth-order valence-corrected chi connectivity index (χ4v) is 3.41. The Morgan fingerprint density at radius 1 is 1.22 bits per heavy atom. The highest BCUT2D eigenvalue weighted by Gasteiger charge is 2.32. The van der Waals surface area contributed by atoms with Gasteiger partial charge in [0.05, 0.1) is 11.9 Å². The Hall–Kier alpha value is -1.09. The second-order valence-electron chi connectivity index (χ2n) is 5.87. The van der Waals surface area contributed by atoms with E-state index in [9.17, 15) is 0 Å². The number of pyridine rings is 1. The average molecular weight is 245 g/mol. The number of fused-ring (bicyclic) bond motifs is 1. The highest BCUT2D eigenvalue weighted by Crippen LogP contribution is 2.27. The highest BCUT2D eigenvalue weighted by atomic mass is 15.3. The zero-order valence-electron chi connectivity index (χ0n) is 11.5. The van der Waals surface area contributed by atoms with E-state index < -0.39 is 0 Å². The molecule has 0 radical (unpaired) electrons. The molecule has 3 heteroatoms. The molecule has 3 nitrogen and oxygen atoms in total. The van der Waals surface area contributed by atoms with Crippen LogP contribution in [0.2, 0.25) is 0 Å². The van der Waals surface area contributed by atoms with E-state index in [0.29, 0.717) is 6.04 Å². The summed E-state index contributed by atoms with van der Waals surface area (Å²) in [5.74, 6) is 0. The molecule has 3 heterocycles. The summed E-state index contributed by atoms with van der Waals surface area (Å²) in [5.41, 5.74) is 2.55. The van der Waals surface area contributed by atoms with Gasteiger partial charge in [-0.1, -0.05) is 6.42 Å².